The summed E-state index contributed by atoms with van der Waals surface area (Å²) in [5.74, 6) is 0.0179. The third kappa shape index (κ3) is 12.1. The number of rotatable bonds is 18. The average Bonchev–Trinajstić information content (AvgIpc) is 2.61. The smallest absolute Gasteiger partial charge is 0.123 e. The number of carbonyl (C=O) groups is 4. The molecule has 0 amide bonds. The first-order valence-corrected chi connectivity index (χ1v) is 9.51. The van der Waals surface area contributed by atoms with E-state index in [2.05, 4.69) is 6.92 Å². The van der Waals surface area contributed by atoms with Crippen molar-refractivity contribution in [3.05, 3.63) is 0 Å². The van der Waals surface area contributed by atoms with Crippen LogP contribution < -0.4 is 0 Å². The third-order valence-electron chi connectivity index (χ3n) is 4.72. The molecule has 0 spiro atoms. The van der Waals surface area contributed by atoms with Gasteiger partial charge in [0, 0.05) is 24.2 Å². The van der Waals surface area contributed by atoms with Crippen molar-refractivity contribution in [1.82, 2.24) is 0 Å². The molecule has 0 aromatic heterocycles. The van der Waals surface area contributed by atoms with Crippen molar-refractivity contribution in [2.75, 3.05) is 0 Å². The van der Waals surface area contributed by atoms with Crippen LogP contribution in [0, 0.1) is 17.8 Å². The first kappa shape index (κ1) is 22.7. The lowest BCUT2D eigenvalue weighted by atomic mass is 9.88. The SMILES string of the molecule is CCCCC(C=O)CCC(C=O)CCC(C=O)CCCCCC=O. The van der Waals surface area contributed by atoms with Crippen LogP contribution in [-0.4, -0.2) is 25.1 Å². The Morgan fingerprint density at radius 2 is 1.04 bits per heavy atom. The van der Waals surface area contributed by atoms with Crippen molar-refractivity contribution in [1.29, 1.82) is 0 Å². The van der Waals surface area contributed by atoms with Gasteiger partial charge in [-0.1, -0.05) is 32.6 Å². The molecule has 0 rings (SSSR count). The van der Waals surface area contributed by atoms with Crippen LogP contribution in [0.4, 0.5) is 0 Å². The number of hydrogen-bond donors (Lipinski definition) is 0. The molecule has 3 atom stereocenters. The Bertz CT molecular complexity index is 341. The summed E-state index contributed by atoms with van der Waals surface area (Å²) in [6.45, 7) is 2.11. The fraction of sp³-hybridized carbons (Fsp3) is 0.800. The fourth-order valence-electron chi connectivity index (χ4n) is 2.97. The van der Waals surface area contributed by atoms with Crippen LogP contribution in [0.25, 0.3) is 0 Å². The molecule has 0 aliphatic rings. The van der Waals surface area contributed by atoms with Crippen molar-refractivity contribution in [2.45, 2.75) is 84.0 Å². The molecule has 138 valence electrons. The molecular formula is C20H34O4. The lowest BCUT2D eigenvalue weighted by Gasteiger charge is -2.16. The lowest BCUT2D eigenvalue weighted by molar-refractivity contribution is -0.114. The lowest BCUT2D eigenvalue weighted by Crippen LogP contribution is -2.11. The highest BCUT2D eigenvalue weighted by Gasteiger charge is 2.15. The van der Waals surface area contributed by atoms with E-state index in [4.69, 9.17) is 0 Å². The Morgan fingerprint density at radius 3 is 1.46 bits per heavy atom. The van der Waals surface area contributed by atoms with Gasteiger partial charge in [0.2, 0.25) is 0 Å². The van der Waals surface area contributed by atoms with Crippen LogP contribution in [0.5, 0.6) is 0 Å². The summed E-state index contributed by atoms with van der Waals surface area (Å²) < 4.78 is 0. The van der Waals surface area contributed by atoms with E-state index in [1.165, 1.54) is 0 Å². The van der Waals surface area contributed by atoms with Crippen LogP contribution in [0.15, 0.2) is 0 Å². The van der Waals surface area contributed by atoms with Crippen LogP contribution in [0.3, 0.4) is 0 Å². The van der Waals surface area contributed by atoms with E-state index < -0.39 is 0 Å². The highest BCUT2D eigenvalue weighted by molar-refractivity contribution is 5.56. The van der Waals surface area contributed by atoms with Crippen molar-refractivity contribution in [3.8, 4) is 0 Å². The fourth-order valence-corrected chi connectivity index (χ4v) is 2.97. The van der Waals surface area contributed by atoms with Gasteiger partial charge in [-0.3, -0.25) is 0 Å². The molecule has 0 fully saturated rings. The van der Waals surface area contributed by atoms with Gasteiger partial charge in [-0.15, -0.1) is 0 Å². The number of unbranched alkanes of at least 4 members (excludes halogenated alkanes) is 4. The molecular weight excluding hydrogens is 304 g/mol. The van der Waals surface area contributed by atoms with Crippen LogP contribution >= 0.6 is 0 Å². The van der Waals surface area contributed by atoms with Gasteiger partial charge in [0.1, 0.15) is 25.1 Å². The van der Waals surface area contributed by atoms with E-state index in [1.54, 1.807) is 0 Å². The van der Waals surface area contributed by atoms with Gasteiger partial charge in [-0.2, -0.15) is 0 Å². The molecule has 3 unspecified atom stereocenters. The Labute approximate surface area is 146 Å². The van der Waals surface area contributed by atoms with Crippen LogP contribution in [-0.2, 0) is 19.2 Å². The maximum absolute atomic E-state index is 11.2. The summed E-state index contributed by atoms with van der Waals surface area (Å²) in [4.78, 5) is 43.7. The van der Waals surface area contributed by atoms with Gasteiger partial charge in [0.25, 0.3) is 0 Å². The zero-order valence-corrected chi connectivity index (χ0v) is 15.2. The summed E-state index contributed by atoms with van der Waals surface area (Å²) in [5, 5.41) is 0. The highest BCUT2D eigenvalue weighted by atomic mass is 16.1. The monoisotopic (exact) mass is 338 g/mol. The summed E-state index contributed by atoms with van der Waals surface area (Å²) in [5.41, 5.74) is 0. The van der Waals surface area contributed by atoms with E-state index in [-0.39, 0.29) is 17.8 Å². The Hall–Kier alpha value is -1.32. The van der Waals surface area contributed by atoms with Crippen LogP contribution in [0.2, 0.25) is 0 Å². The first-order chi connectivity index (χ1) is 11.7. The summed E-state index contributed by atoms with van der Waals surface area (Å²) in [7, 11) is 0. The molecule has 0 aromatic rings. The van der Waals surface area contributed by atoms with Gasteiger partial charge in [0.05, 0.1) is 0 Å². The number of hydrogen-bond acceptors (Lipinski definition) is 4. The van der Waals surface area contributed by atoms with Gasteiger partial charge >= 0.3 is 0 Å². The molecule has 0 saturated heterocycles. The Morgan fingerprint density at radius 1 is 0.583 bits per heavy atom. The molecule has 24 heavy (non-hydrogen) atoms. The molecule has 0 aromatic carbocycles. The standard InChI is InChI=1S/C20H34O4/c1-2-3-8-18(15-22)10-12-20(17-24)13-11-19(16-23)9-6-4-5-7-14-21/h14-20H,2-13H2,1H3. The van der Waals surface area contributed by atoms with E-state index in [0.29, 0.717) is 6.42 Å². The molecule has 4 heteroatoms. The average molecular weight is 338 g/mol. The van der Waals surface area contributed by atoms with Gasteiger partial charge in [0.15, 0.2) is 0 Å². The molecule has 4 nitrogen and oxygen atoms in total. The molecule has 0 heterocycles. The molecule has 0 N–H and O–H groups in total. The minimum atomic E-state index is -0.0495. The molecule has 0 saturated carbocycles. The summed E-state index contributed by atoms with van der Waals surface area (Å²) >= 11 is 0. The summed E-state index contributed by atoms with van der Waals surface area (Å²) in [6.07, 6.45) is 14.2. The molecule has 0 aliphatic heterocycles. The zero-order chi connectivity index (χ0) is 18.0. The first-order valence-electron chi connectivity index (χ1n) is 9.51. The quantitative estimate of drug-likeness (QED) is 0.275. The van der Waals surface area contributed by atoms with E-state index in [0.717, 1.165) is 95.8 Å². The predicted molar refractivity (Wildman–Crippen MR) is 95.8 cm³/mol. The second-order valence-electron chi connectivity index (χ2n) is 6.79. The Balaban J connectivity index is 4.02. The van der Waals surface area contributed by atoms with Crippen molar-refractivity contribution < 1.29 is 19.2 Å². The van der Waals surface area contributed by atoms with E-state index in [9.17, 15) is 19.2 Å². The van der Waals surface area contributed by atoms with Crippen molar-refractivity contribution in [2.24, 2.45) is 17.8 Å². The van der Waals surface area contributed by atoms with E-state index >= 15 is 0 Å². The second kappa shape index (κ2) is 16.5. The second-order valence-corrected chi connectivity index (χ2v) is 6.79. The van der Waals surface area contributed by atoms with Crippen molar-refractivity contribution >= 4 is 25.1 Å². The number of aldehydes is 4. The topological polar surface area (TPSA) is 68.3 Å². The zero-order valence-electron chi connectivity index (χ0n) is 15.2. The van der Waals surface area contributed by atoms with Crippen molar-refractivity contribution in [3.63, 3.8) is 0 Å². The van der Waals surface area contributed by atoms with E-state index in [1.807, 2.05) is 0 Å². The van der Waals surface area contributed by atoms with Gasteiger partial charge < -0.3 is 19.2 Å². The van der Waals surface area contributed by atoms with Gasteiger partial charge in [-0.25, -0.2) is 0 Å². The maximum atomic E-state index is 11.2. The van der Waals surface area contributed by atoms with Crippen LogP contribution in [0.1, 0.15) is 84.0 Å². The third-order valence-corrected chi connectivity index (χ3v) is 4.72. The highest BCUT2D eigenvalue weighted by Crippen LogP contribution is 2.22. The predicted octanol–water partition coefficient (Wildman–Crippen LogP) is 4.33. The molecule has 0 radical (unpaired) electrons. The Kier molecular flexibility index (Phi) is 15.6. The summed E-state index contributed by atoms with van der Waals surface area (Å²) in [6, 6.07) is 0. The molecule has 0 bridgehead atoms. The largest absolute Gasteiger partial charge is 0.303 e. The number of carbonyl (C=O) groups excluding carboxylic acids is 4. The normalized spacial score (nSPS) is 14.5. The molecule has 0 aliphatic carbocycles. The minimum Gasteiger partial charge on any atom is -0.303 e. The maximum Gasteiger partial charge on any atom is 0.123 e. The minimum absolute atomic E-state index is 0.00522. The van der Waals surface area contributed by atoms with Gasteiger partial charge in [-0.05, 0) is 44.9 Å².